The Bertz CT molecular complexity index is 609. The summed E-state index contributed by atoms with van der Waals surface area (Å²) in [7, 11) is 0. The van der Waals surface area contributed by atoms with Crippen molar-refractivity contribution < 1.29 is 9.59 Å². The molecule has 20 heavy (non-hydrogen) atoms. The Labute approximate surface area is 117 Å². The van der Waals surface area contributed by atoms with E-state index in [1.165, 1.54) is 6.92 Å². The maximum Gasteiger partial charge on any atom is 0.233 e. The number of amides is 1. The van der Waals surface area contributed by atoms with Crippen molar-refractivity contribution in [1.82, 2.24) is 9.97 Å². The molecule has 0 spiro atoms. The van der Waals surface area contributed by atoms with Crippen molar-refractivity contribution in [3.8, 4) is 0 Å². The molecule has 2 aromatic rings. The van der Waals surface area contributed by atoms with Gasteiger partial charge in [0, 0.05) is 18.0 Å². The number of aromatic nitrogens is 2. The van der Waals surface area contributed by atoms with Gasteiger partial charge in [0.2, 0.25) is 11.9 Å². The Morgan fingerprint density at radius 2 is 1.70 bits per heavy atom. The van der Waals surface area contributed by atoms with Crippen LogP contribution in [0.25, 0.3) is 0 Å². The number of carbonyl (C=O) groups excluding carboxylic acids is 2. The highest BCUT2D eigenvalue weighted by atomic mass is 16.2. The van der Waals surface area contributed by atoms with E-state index in [0.717, 1.165) is 5.56 Å². The van der Waals surface area contributed by atoms with E-state index in [-0.39, 0.29) is 23.6 Å². The van der Waals surface area contributed by atoms with Gasteiger partial charge in [-0.05, 0) is 25.5 Å². The highest BCUT2D eigenvalue weighted by Gasteiger charge is 2.16. The zero-order valence-electron chi connectivity index (χ0n) is 11.3. The van der Waals surface area contributed by atoms with Crippen LogP contribution >= 0.6 is 0 Å². The molecule has 0 saturated heterocycles. The number of nitrogens with zero attached hydrogens (tertiary/aromatic N) is 2. The molecule has 0 aliphatic heterocycles. The SMILES string of the molecule is CC(=O)c1ccc([C@@H](C)C(=O)Nc2ncccn2)cc1. The number of benzene rings is 1. The van der Waals surface area contributed by atoms with Gasteiger partial charge in [0.05, 0.1) is 5.92 Å². The average molecular weight is 269 g/mol. The van der Waals surface area contributed by atoms with E-state index in [0.29, 0.717) is 5.56 Å². The normalized spacial score (nSPS) is 11.7. The number of hydrogen-bond donors (Lipinski definition) is 1. The zero-order valence-corrected chi connectivity index (χ0v) is 11.3. The summed E-state index contributed by atoms with van der Waals surface area (Å²) in [5.41, 5.74) is 1.47. The van der Waals surface area contributed by atoms with Crippen LogP contribution in [0.15, 0.2) is 42.7 Å². The van der Waals surface area contributed by atoms with E-state index in [4.69, 9.17) is 0 Å². The summed E-state index contributed by atoms with van der Waals surface area (Å²) in [5, 5.41) is 2.65. The van der Waals surface area contributed by atoms with E-state index < -0.39 is 0 Å². The fourth-order valence-corrected chi connectivity index (χ4v) is 1.74. The molecule has 1 N–H and O–H groups in total. The molecule has 1 heterocycles. The predicted octanol–water partition coefficient (Wildman–Crippen LogP) is 2.42. The smallest absolute Gasteiger partial charge is 0.233 e. The van der Waals surface area contributed by atoms with E-state index in [9.17, 15) is 9.59 Å². The van der Waals surface area contributed by atoms with Gasteiger partial charge in [-0.15, -0.1) is 0 Å². The van der Waals surface area contributed by atoms with Crippen LogP contribution in [0.1, 0.15) is 35.7 Å². The van der Waals surface area contributed by atoms with Crippen LogP contribution in [0.3, 0.4) is 0 Å². The van der Waals surface area contributed by atoms with Gasteiger partial charge in [0.25, 0.3) is 0 Å². The van der Waals surface area contributed by atoms with Crippen molar-refractivity contribution >= 4 is 17.6 Å². The van der Waals surface area contributed by atoms with E-state index in [2.05, 4.69) is 15.3 Å². The molecular weight excluding hydrogens is 254 g/mol. The Balaban J connectivity index is 2.08. The number of nitrogens with one attached hydrogen (secondary N) is 1. The molecule has 0 aliphatic rings. The summed E-state index contributed by atoms with van der Waals surface area (Å²) >= 11 is 0. The second-order valence-corrected chi connectivity index (χ2v) is 4.46. The van der Waals surface area contributed by atoms with Crippen LogP contribution in [0.4, 0.5) is 5.95 Å². The molecule has 0 aliphatic carbocycles. The van der Waals surface area contributed by atoms with Crippen LogP contribution in [-0.2, 0) is 4.79 Å². The third kappa shape index (κ3) is 3.26. The molecule has 1 atom stereocenters. The third-order valence-electron chi connectivity index (χ3n) is 3.01. The molecule has 0 bridgehead atoms. The van der Waals surface area contributed by atoms with E-state index >= 15 is 0 Å². The Morgan fingerprint density at radius 1 is 1.10 bits per heavy atom. The van der Waals surface area contributed by atoms with Gasteiger partial charge in [-0.3, -0.25) is 14.9 Å². The summed E-state index contributed by atoms with van der Waals surface area (Å²) in [4.78, 5) is 31.2. The monoisotopic (exact) mass is 269 g/mol. The van der Waals surface area contributed by atoms with Gasteiger partial charge < -0.3 is 0 Å². The first-order chi connectivity index (χ1) is 9.58. The minimum Gasteiger partial charge on any atom is -0.295 e. The fraction of sp³-hybridized carbons (Fsp3) is 0.200. The maximum absolute atomic E-state index is 12.1. The summed E-state index contributed by atoms with van der Waals surface area (Å²) in [6, 6.07) is 8.69. The number of Topliss-reactive ketones (excluding diaryl/α,β-unsaturated/α-hetero) is 1. The minimum atomic E-state index is -0.347. The van der Waals surface area contributed by atoms with Crippen molar-refractivity contribution in [2.75, 3.05) is 5.32 Å². The van der Waals surface area contributed by atoms with Crippen molar-refractivity contribution in [2.45, 2.75) is 19.8 Å². The molecular formula is C15H15N3O2. The molecule has 1 aromatic carbocycles. The quantitative estimate of drug-likeness (QED) is 0.865. The standard InChI is InChI=1S/C15H15N3O2/c1-10(12-4-6-13(7-5-12)11(2)19)14(20)18-15-16-8-3-9-17-15/h3-10H,1-2H3,(H,16,17,18,20)/t10-/m1/s1. The topological polar surface area (TPSA) is 72.0 Å². The van der Waals surface area contributed by atoms with Crippen LogP contribution in [0, 0.1) is 0 Å². The number of rotatable bonds is 4. The fourth-order valence-electron chi connectivity index (χ4n) is 1.74. The maximum atomic E-state index is 12.1. The molecule has 1 amide bonds. The van der Waals surface area contributed by atoms with Gasteiger partial charge >= 0.3 is 0 Å². The summed E-state index contributed by atoms with van der Waals surface area (Å²) in [6.07, 6.45) is 3.13. The Kier molecular flexibility index (Phi) is 4.20. The first-order valence-corrected chi connectivity index (χ1v) is 6.26. The molecule has 0 saturated carbocycles. The second kappa shape index (κ2) is 6.06. The highest BCUT2D eigenvalue weighted by molar-refractivity contribution is 5.95. The Hall–Kier alpha value is -2.56. The Morgan fingerprint density at radius 3 is 2.25 bits per heavy atom. The van der Waals surface area contributed by atoms with Crippen molar-refractivity contribution in [3.63, 3.8) is 0 Å². The molecule has 2 rings (SSSR count). The number of hydrogen-bond acceptors (Lipinski definition) is 4. The molecule has 5 heteroatoms. The predicted molar refractivity (Wildman–Crippen MR) is 75.5 cm³/mol. The van der Waals surface area contributed by atoms with Gasteiger partial charge in [0.15, 0.2) is 5.78 Å². The third-order valence-corrected chi connectivity index (χ3v) is 3.01. The number of carbonyl (C=O) groups is 2. The number of anilines is 1. The molecule has 0 fully saturated rings. The minimum absolute atomic E-state index is 0.00587. The lowest BCUT2D eigenvalue weighted by molar-refractivity contribution is -0.117. The first kappa shape index (κ1) is 13.9. The van der Waals surface area contributed by atoms with Crippen molar-refractivity contribution in [1.29, 1.82) is 0 Å². The first-order valence-electron chi connectivity index (χ1n) is 6.26. The van der Waals surface area contributed by atoms with Crippen LogP contribution in [0.2, 0.25) is 0 Å². The van der Waals surface area contributed by atoms with Crippen LogP contribution in [-0.4, -0.2) is 21.7 Å². The molecule has 0 unspecified atom stereocenters. The number of ketones is 1. The van der Waals surface area contributed by atoms with Gasteiger partial charge in [-0.25, -0.2) is 9.97 Å². The molecule has 0 radical (unpaired) electrons. The van der Waals surface area contributed by atoms with Crippen LogP contribution < -0.4 is 5.32 Å². The lowest BCUT2D eigenvalue weighted by Crippen LogP contribution is -2.20. The lowest BCUT2D eigenvalue weighted by Gasteiger charge is -2.11. The van der Waals surface area contributed by atoms with Crippen molar-refractivity contribution in [3.05, 3.63) is 53.9 Å². The summed E-state index contributed by atoms with van der Waals surface area (Å²) < 4.78 is 0. The highest BCUT2D eigenvalue weighted by Crippen LogP contribution is 2.17. The summed E-state index contributed by atoms with van der Waals surface area (Å²) in [5.74, 6) is -0.248. The van der Waals surface area contributed by atoms with Gasteiger partial charge in [0.1, 0.15) is 0 Å². The zero-order chi connectivity index (χ0) is 14.5. The average Bonchev–Trinajstić information content (AvgIpc) is 2.47. The van der Waals surface area contributed by atoms with E-state index in [1.54, 1.807) is 49.6 Å². The van der Waals surface area contributed by atoms with Gasteiger partial charge in [-0.2, -0.15) is 0 Å². The summed E-state index contributed by atoms with van der Waals surface area (Å²) in [6.45, 7) is 3.30. The molecule has 102 valence electrons. The van der Waals surface area contributed by atoms with Crippen LogP contribution in [0.5, 0.6) is 0 Å². The largest absolute Gasteiger partial charge is 0.295 e. The van der Waals surface area contributed by atoms with E-state index in [1.807, 2.05) is 0 Å². The second-order valence-electron chi connectivity index (χ2n) is 4.46. The molecule has 5 nitrogen and oxygen atoms in total. The molecule has 1 aromatic heterocycles. The van der Waals surface area contributed by atoms with Gasteiger partial charge in [-0.1, -0.05) is 24.3 Å². The van der Waals surface area contributed by atoms with Crippen molar-refractivity contribution in [2.24, 2.45) is 0 Å². The lowest BCUT2D eigenvalue weighted by atomic mass is 9.98.